The number of carbonyl (C=O) groups is 1. The van der Waals surface area contributed by atoms with Crippen LogP contribution in [0.3, 0.4) is 0 Å². The van der Waals surface area contributed by atoms with Crippen LogP contribution in [0.15, 0.2) is 30.3 Å². The van der Waals surface area contributed by atoms with E-state index in [-0.39, 0.29) is 12.5 Å². The van der Waals surface area contributed by atoms with Crippen LogP contribution >= 0.6 is 23.2 Å². The quantitative estimate of drug-likeness (QED) is 0.651. The number of hydrogen-bond acceptors (Lipinski definition) is 5. The average molecular weight is 349 g/mol. The third-order valence-corrected chi connectivity index (χ3v) is 4.16. The molecule has 5 atom stereocenters. The monoisotopic (exact) mass is 348 g/mol. The highest BCUT2D eigenvalue weighted by Gasteiger charge is 2.47. The SMILES string of the molecule is CC(=O)O[C@@H]1[C@@H](OCc2ccccc2)[C@H](Cl)[C@@H](CCl)O[C@@H]1O. The van der Waals surface area contributed by atoms with Crippen molar-refractivity contribution >= 4 is 29.2 Å². The van der Waals surface area contributed by atoms with Gasteiger partial charge < -0.3 is 19.3 Å². The molecule has 0 radical (unpaired) electrons. The molecule has 0 aromatic heterocycles. The first kappa shape index (κ1) is 17.5. The van der Waals surface area contributed by atoms with E-state index in [0.29, 0.717) is 0 Å². The van der Waals surface area contributed by atoms with E-state index in [0.717, 1.165) is 5.56 Å². The summed E-state index contributed by atoms with van der Waals surface area (Å²) in [4.78, 5) is 11.2. The Morgan fingerprint density at radius 1 is 1.32 bits per heavy atom. The van der Waals surface area contributed by atoms with Crippen molar-refractivity contribution in [2.45, 2.75) is 43.5 Å². The number of ether oxygens (including phenoxy) is 3. The van der Waals surface area contributed by atoms with Gasteiger partial charge in [0.25, 0.3) is 0 Å². The third kappa shape index (κ3) is 4.33. The first-order valence-corrected chi connectivity index (χ1v) is 7.86. The van der Waals surface area contributed by atoms with Gasteiger partial charge in [-0.2, -0.15) is 0 Å². The van der Waals surface area contributed by atoms with Gasteiger partial charge in [0.1, 0.15) is 6.10 Å². The zero-order valence-electron chi connectivity index (χ0n) is 12.0. The molecule has 122 valence electrons. The van der Waals surface area contributed by atoms with Crippen LogP contribution in [0.4, 0.5) is 0 Å². The summed E-state index contributed by atoms with van der Waals surface area (Å²) < 4.78 is 16.2. The number of rotatable bonds is 5. The van der Waals surface area contributed by atoms with Crippen molar-refractivity contribution in [1.29, 1.82) is 0 Å². The Hall–Kier alpha value is -0.850. The van der Waals surface area contributed by atoms with Gasteiger partial charge in [-0.25, -0.2) is 0 Å². The standard InChI is InChI=1S/C15H18Cl2O5/c1-9(18)21-14-13(12(17)11(7-16)22-15(14)19)20-8-10-5-3-2-4-6-10/h2-6,11-15,19H,7-8H2,1H3/t11-,12-,13+,14-,15+/m1/s1. The summed E-state index contributed by atoms with van der Waals surface area (Å²) in [5.41, 5.74) is 0.941. The lowest BCUT2D eigenvalue weighted by Gasteiger charge is -2.41. The molecule has 1 aliphatic heterocycles. The van der Waals surface area contributed by atoms with Crippen LogP contribution in [-0.2, 0) is 25.6 Å². The minimum absolute atomic E-state index is 0.100. The van der Waals surface area contributed by atoms with E-state index in [1.54, 1.807) is 0 Å². The van der Waals surface area contributed by atoms with Crippen molar-refractivity contribution in [1.82, 2.24) is 0 Å². The highest BCUT2D eigenvalue weighted by molar-refractivity contribution is 6.23. The number of carbonyl (C=O) groups excluding carboxylic acids is 1. The van der Waals surface area contributed by atoms with Crippen LogP contribution in [0, 0.1) is 0 Å². The fraction of sp³-hybridized carbons (Fsp3) is 0.533. The summed E-state index contributed by atoms with van der Waals surface area (Å²) in [6.07, 6.45) is -3.64. The second-order valence-electron chi connectivity index (χ2n) is 5.00. The molecule has 2 rings (SSSR count). The highest BCUT2D eigenvalue weighted by atomic mass is 35.5. The van der Waals surface area contributed by atoms with Gasteiger partial charge in [0.15, 0.2) is 12.4 Å². The molecule has 1 aliphatic rings. The van der Waals surface area contributed by atoms with E-state index in [1.807, 2.05) is 30.3 Å². The van der Waals surface area contributed by atoms with Crippen molar-refractivity contribution in [3.8, 4) is 0 Å². The number of aliphatic hydroxyl groups is 1. The summed E-state index contributed by atoms with van der Waals surface area (Å²) in [7, 11) is 0. The molecule has 1 fully saturated rings. The first-order valence-electron chi connectivity index (χ1n) is 6.89. The largest absolute Gasteiger partial charge is 0.454 e. The molecule has 0 saturated carbocycles. The predicted octanol–water partition coefficient (Wildman–Crippen LogP) is 2.07. The van der Waals surface area contributed by atoms with Crippen molar-refractivity contribution in [2.75, 3.05) is 5.88 Å². The van der Waals surface area contributed by atoms with Gasteiger partial charge >= 0.3 is 5.97 Å². The predicted molar refractivity (Wildman–Crippen MR) is 81.8 cm³/mol. The second-order valence-corrected chi connectivity index (χ2v) is 5.81. The molecule has 1 aromatic rings. The first-order chi connectivity index (χ1) is 10.5. The van der Waals surface area contributed by atoms with Crippen LogP contribution < -0.4 is 0 Å². The number of aliphatic hydroxyl groups excluding tert-OH is 1. The van der Waals surface area contributed by atoms with E-state index < -0.39 is 35.9 Å². The molecule has 0 spiro atoms. The van der Waals surface area contributed by atoms with Crippen LogP contribution in [0.1, 0.15) is 12.5 Å². The van der Waals surface area contributed by atoms with E-state index in [9.17, 15) is 9.90 Å². The van der Waals surface area contributed by atoms with Gasteiger partial charge in [-0.05, 0) is 5.56 Å². The minimum atomic E-state index is -1.33. The fourth-order valence-electron chi connectivity index (χ4n) is 2.28. The Kier molecular flexibility index (Phi) is 6.47. The molecule has 0 aliphatic carbocycles. The van der Waals surface area contributed by atoms with E-state index >= 15 is 0 Å². The summed E-state index contributed by atoms with van der Waals surface area (Å²) in [5, 5.41) is 9.36. The zero-order chi connectivity index (χ0) is 16.1. The number of esters is 1. The number of benzene rings is 1. The van der Waals surface area contributed by atoms with Crippen molar-refractivity contribution in [3.63, 3.8) is 0 Å². The van der Waals surface area contributed by atoms with Crippen LogP contribution in [0.5, 0.6) is 0 Å². The van der Waals surface area contributed by atoms with E-state index in [1.165, 1.54) is 6.92 Å². The molecule has 5 nitrogen and oxygen atoms in total. The zero-order valence-corrected chi connectivity index (χ0v) is 13.5. The summed E-state index contributed by atoms with van der Waals surface area (Å²) in [6.45, 7) is 1.52. The van der Waals surface area contributed by atoms with Gasteiger partial charge in [0, 0.05) is 6.92 Å². The normalized spacial score (nSPS) is 31.7. The molecule has 1 saturated heterocycles. The Morgan fingerprint density at radius 2 is 2.00 bits per heavy atom. The molecular weight excluding hydrogens is 331 g/mol. The maximum atomic E-state index is 11.2. The average Bonchev–Trinajstić information content (AvgIpc) is 2.50. The lowest BCUT2D eigenvalue weighted by Crippen LogP contribution is -2.58. The van der Waals surface area contributed by atoms with Gasteiger partial charge in [-0.1, -0.05) is 30.3 Å². The summed E-state index contributed by atoms with van der Waals surface area (Å²) >= 11 is 12.1. The second kappa shape index (κ2) is 8.13. The van der Waals surface area contributed by atoms with Crippen LogP contribution in [0.2, 0.25) is 0 Å². The maximum absolute atomic E-state index is 11.2. The lowest BCUT2D eigenvalue weighted by molar-refractivity contribution is -0.257. The minimum Gasteiger partial charge on any atom is -0.454 e. The molecule has 1 aromatic carbocycles. The number of hydrogen-bond donors (Lipinski definition) is 1. The summed E-state index contributed by atoms with van der Waals surface area (Å²) in [5.74, 6) is -0.447. The molecule has 7 heteroatoms. The Balaban J connectivity index is 2.10. The fourth-order valence-corrected chi connectivity index (χ4v) is 3.00. The number of halogens is 2. The number of alkyl halides is 2. The van der Waals surface area contributed by atoms with Crippen LogP contribution in [-0.4, -0.2) is 46.9 Å². The lowest BCUT2D eigenvalue weighted by atomic mass is 10.0. The third-order valence-electron chi connectivity index (χ3n) is 3.33. The Bertz CT molecular complexity index is 484. The topological polar surface area (TPSA) is 65.0 Å². The molecule has 1 heterocycles. The van der Waals surface area contributed by atoms with Crippen LogP contribution in [0.25, 0.3) is 0 Å². The Labute approximate surface area is 139 Å². The Morgan fingerprint density at radius 3 is 2.59 bits per heavy atom. The van der Waals surface area contributed by atoms with Gasteiger partial charge in [-0.15, -0.1) is 23.2 Å². The van der Waals surface area contributed by atoms with Gasteiger partial charge in [-0.3, -0.25) is 4.79 Å². The van der Waals surface area contributed by atoms with E-state index in [2.05, 4.69) is 0 Å². The molecule has 0 amide bonds. The smallest absolute Gasteiger partial charge is 0.303 e. The molecule has 1 N–H and O–H groups in total. The maximum Gasteiger partial charge on any atom is 0.303 e. The van der Waals surface area contributed by atoms with Crippen molar-refractivity contribution < 1.29 is 24.1 Å². The molecule has 0 bridgehead atoms. The van der Waals surface area contributed by atoms with Gasteiger partial charge in [0.05, 0.1) is 24.0 Å². The molecular formula is C15H18Cl2O5. The van der Waals surface area contributed by atoms with Crippen molar-refractivity contribution in [3.05, 3.63) is 35.9 Å². The van der Waals surface area contributed by atoms with E-state index in [4.69, 9.17) is 37.4 Å². The highest BCUT2D eigenvalue weighted by Crippen LogP contribution is 2.30. The molecule has 22 heavy (non-hydrogen) atoms. The van der Waals surface area contributed by atoms with Crippen molar-refractivity contribution in [2.24, 2.45) is 0 Å². The molecule has 0 unspecified atom stereocenters. The summed E-state index contributed by atoms with van der Waals surface area (Å²) in [6, 6.07) is 9.48. The van der Waals surface area contributed by atoms with Gasteiger partial charge in [0.2, 0.25) is 0 Å².